The minimum Gasteiger partial charge on any atom is -0.279 e. The van der Waals surface area contributed by atoms with E-state index in [2.05, 4.69) is 28.5 Å². The summed E-state index contributed by atoms with van der Waals surface area (Å²) in [6.45, 7) is 4.11. The first-order valence-corrected chi connectivity index (χ1v) is 8.39. The number of hydrogen-bond donors (Lipinski definition) is 1. The molecular formula is C14H16ClN3O2S. The second kappa shape index (κ2) is 6.41. The van der Waals surface area contributed by atoms with E-state index in [1.165, 1.54) is 12.4 Å². The average molecular weight is 326 g/mol. The Balaban J connectivity index is 2.35. The van der Waals surface area contributed by atoms with Gasteiger partial charge in [0.05, 0.1) is 18.1 Å². The quantitative estimate of drug-likeness (QED) is 0.855. The zero-order valence-electron chi connectivity index (χ0n) is 11.7. The number of nitrogens with zero attached hydrogens (tertiary/aromatic N) is 2. The average Bonchev–Trinajstić information content (AvgIpc) is 2.47. The number of benzene rings is 1. The highest BCUT2D eigenvalue weighted by molar-refractivity contribution is 7.92. The Bertz CT molecular complexity index is 717. The van der Waals surface area contributed by atoms with E-state index in [4.69, 9.17) is 11.6 Å². The van der Waals surface area contributed by atoms with Crippen molar-refractivity contribution in [3.8, 4) is 0 Å². The molecule has 0 amide bonds. The van der Waals surface area contributed by atoms with Crippen molar-refractivity contribution in [3.05, 3.63) is 47.5 Å². The fraction of sp³-hybridized carbons (Fsp3) is 0.286. The van der Waals surface area contributed by atoms with Crippen molar-refractivity contribution >= 4 is 27.3 Å². The van der Waals surface area contributed by atoms with Gasteiger partial charge in [-0.25, -0.2) is 18.4 Å². The van der Waals surface area contributed by atoms with E-state index in [0.717, 1.165) is 12.0 Å². The van der Waals surface area contributed by atoms with Gasteiger partial charge in [0.1, 0.15) is 4.90 Å². The van der Waals surface area contributed by atoms with Gasteiger partial charge in [0.25, 0.3) is 10.0 Å². The lowest BCUT2D eigenvalue weighted by atomic mass is 9.97. The van der Waals surface area contributed by atoms with Crippen LogP contribution in [0.5, 0.6) is 0 Å². The molecule has 2 aromatic rings. The van der Waals surface area contributed by atoms with Crippen LogP contribution in [0.3, 0.4) is 0 Å². The SMILES string of the molecule is CCC(C)c1ccccc1NS(=O)(=O)c1cnc(Cl)nc1. The number of aromatic nitrogens is 2. The van der Waals surface area contributed by atoms with E-state index in [1.807, 2.05) is 12.1 Å². The number of rotatable bonds is 5. The molecule has 1 aromatic carbocycles. The summed E-state index contributed by atoms with van der Waals surface area (Å²) in [6, 6.07) is 7.35. The monoisotopic (exact) mass is 325 g/mol. The molecule has 21 heavy (non-hydrogen) atoms. The van der Waals surface area contributed by atoms with Crippen LogP contribution in [0.2, 0.25) is 5.28 Å². The summed E-state index contributed by atoms with van der Waals surface area (Å²) in [4.78, 5) is 7.37. The standard InChI is InChI=1S/C14H16ClN3O2S/c1-3-10(2)12-6-4-5-7-13(12)18-21(19,20)11-8-16-14(15)17-9-11/h4-10,18H,3H2,1-2H3. The van der Waals surface area contributed by atoms with Crippen molar-refractivity contribution in [2.45, 2.75) is 31.1 Å². The van der Waals surface area contributed by atoms with Crippen molar-refractivity contribution in [2.24, 2.45) is 0 Å². The molecule has 2 rings (SSSR count). The van der Waals surface area contributed by atoms with Crippen molar-refractivity contribution in [2.75, 3.05) is 4.72 Å². The molecule has 1 aromatic heterocycles. The molecule has 0 aliphatic carbocycles. The van der Waals surface area contributed by atoms with E-state index >= 15 is 0 Å². The van der Waals surface area contributed by atoms with Crippen molar-refractivity contribution < 1.29 is 8.42 Å². The maximum absolute atomic E-state index is 12.3. The van der Waals surface area contributed by atoms with E-state index in [9.17, 15) is 8.42 Å². The number of nitrogens with one attached hydrogen (secondary N) is 1. The van der Waals surface area contributed by atoms with E-state index in [1.54, 1.807) is 12.1 Å². The molecule has 0 aliphatic rings. The van der Waals surface area contributed by atoms with Gasteiger partial charge >= 0.3 is 0 Å². The maximum Gasteiger partial charge on any atom is 0.264 e. The lowest BCUT2D eigenvalue weighted by molar-refractivity contribution is 0.600. The molecule has 7 heteroatoms. The number of para-hydroxylation sites is 1. The zero-order chi connectivity index (χ0) is 15.5. The first-order chi connectivity index (χ1) is 9.94. The van der Waals surface area contributed by atoms with Gasteiger partial charge in [-0.05, 0) is 35.6 Å². The fourth-order valence-electron chi connectivity index (χ4n) is 1.88. The predicted molar refractivity (Wildman–Crippen MR) is 83.0 cm³/mol. The molecule has 1 atom stereocenters. The summed E-state index contributed by atoms with van der Waals surface area (Å²) in [5.41, 5.74) is 1.53. The summed E-state index contributed by atoms with van der Waals surface area (Å²) < 4.78 is 27.3. The van der Waals surface area contributed by atoms with Gasteiger partial charge in [0, 0.05) is 0 Å². The Kier molecular flexibility index (Phi) is 4.80. The lowest BCUT2D eigenvalue weighted by Gasteiger charge is -2.16. The molecule has 0 saturated heterocycles. The number of sulfonamides is 1. The molecule has 0 saturated carbocycles. The highest BCUT2D eigenvalue weighted by Gasteiger charge is 2.18. The Morgan fingerprint density at radius 1 is 1.24 bits per heavy atom. The molecule has 112 valence electrons. The van der Waals surface area contributed by atoms with Gasteiger partial charge in [-0.2, -0.15) is 0 Å². The molecule has 1 heterocycles. The number of anilines is 1. The van der Waals surface area contributed by atoms with Crippen LogP contribution in [0.4, 0.5) is 5.69 Å². The molecule has 1 N–H and O–H groups in total. The van der Waals surface area contributed by atoms with E-state index in [-0.39, 0.29) is 16.1 Å². The van der Waals surface area contributed by atoms with Crippen molar-refractivity contribution in [1.82, 2.24) is 9.97 Å². The molecule has 0 fully saturated rings. The Labute approximate surface area is 129 Å². The van der Waals surface area contributed by atoms with Crippen molar-refractivity contribution in [1.29, 1.82) is 0 Å². The summed E-state index contributed by atoms with van der Waals surface area (Å²) in [6.07, 6.45) is 3.29. The summed E-state index contributed by atoms with van der Waals surface area (Å²) in [5.74, 6) is 0.255. The highest BCUT2D eigenvalue weighted by Crippen LogP contribution is 2.28. The molecular weight excluding hydrogens is 310 g/mol. The van der Waals surface area contributed by atoms with Gasteiger partial charge < -0.3 is 0 Å². The molecule has 0 spiro atoms. The molecule has 0 radical (unpaired) electrons. The van der Waals surface area contributed by atoms with Crippen LogP contribution in [0.25, 0.3) is 0 Å². The maximum atomic E-state index is 12.3. The Hall–Kier alpha value is -1.66. The minimum atomic E-state index is -3.73. The zero-order valence-corrected chi connectivity index (χ0v) is 13.3. The first-order valence-electron chi connectivity index (χ1n) is 6.53. The lowest BCUT2D eigenvalue weighted by Crippen LogP contribution is -2.15. The second-order valence-corrected chi connectivity index (χ2v) is 6.71. The normalized spacial score (nSPS) is 12.9. The third-order valence-electron chi connectivity index (χ3n) is 3.26. The van der Waals surface area contributed by atoms with Crippen LogP contribution >= 0.6 is 11.6 Å². The van der Waals surface area contributed by atoms with Gasteiger partial charge in [0.15, 0.2) is 0 Å². The fourth-order valence-corrected chi connectivity index (χ4v) is 2.96. The van der Waals surface area contributed by atoms with E-state index < -0.39 is 10.0 Å². The molecule has 0 bridgehead atoms. The van der Waals surface area contributed by atoms with Crippen LogP contribution in [-0.4, -0.2) is 18.4 Å². The highest BCUT2D eigenvalue weighted by atomic mass is 35.5. The minimum absolute atomic E-state index is 0.00829. The summed E-state index contributed by atoms with van der Waals surface area (Å²) in [7, 11) is -3.73. The number of halogens is 1. The van der Waals surface area contributed by atoms with Crippen LogP contribution in [0.1, 0.15) is 31.7 Å². The Morgan fingerprint density at radius 3 is 2.48 bits per heavy atom. The van der Waals surface area contributed by atoms with Gasteiger partial charge in [-0.3, -0.25) is 4.72 Å². The second-order valence-electron chi connectivity index (χ2n) is 4.69. The molecule has 0 aliphatic heterocycles. The third-order valence-corrected chi connectivity index (χ3v) is 4.77. The molecule has 1 unspecified atom stereocenters. The topological polar surface area (TPSA) is 72.0 Å². The smallest absolute Gasteiger partial charge is 0.264 e. The van der Waals surface area contributed by atoms with Gasteiger partial charge in [-0.1, -0.05) is 32.0 Å². The summed E-state index contributed by atoms with van der Waals surface area (Å²) in [5, 5.41) is 0.00829. The summed E-state index contributed by atoms with van der Waals surface area (Å²) >= 11 is 5.57. The third kappa shape index (κ3) is 3.71. The van der Waals surface area contributed by atoms with Gasteiger partial charge in [-0.15, -0.1) is 0 Å². The van der Waals surface area contributed by atoms with Crippen LogP contribution in [0.15, 0.2) is 41.6 Å². The van der Waals surface area contributed by atoms with Crippen LogP contribution < -0.4 is 4.72 Å². The number of hydrogen-bond acceptors (Lipinski definition) is 4. The molecule has 5 nitrogen and oxygen atoms in total. The predicted octanol–water partition coefficient (Wildman–Crippen LogP) is 3.44. The van der Waals surface area contributed by atoms with Crippen LogP contribution in [-0.2, 0) is 10.0 Å². The van der Waals surface area contributed by atoms with Crippen molar-refractivity contribution in [3.63, 3.8) is 0 Å². The Morgan fingerprint density at radius 2 is 1.86 bits per heavy atom. The van der Waals surface area contributed by atoms with Crippen LogP contribution in [0, 0.1) is 0 Å². The first kappa shape index (κ1) is 15.7. The largest absolute Gasteiger partial charge is 0.279 e. The van der Waals surface area contributed by atoms with E-state index in [0.29, 0.717) is 5.69 Å². The van der Waals surface area contributed by atoms with Gasteiger partial charge in [0.2, 0.25) is 5.28 Å².